The average molecular weight is 228 g/mol. The van der Waals surface area contributed by atoms with Crippen LogP contribution in [0.3, 0.4) is 0 Å². The highest BCUT2D eigenvalue weighted by Gasteiger charge is 2.30. The molecule has 1 saturated carbocycles. The number of ether oxygens (including phenoxy) is 1. The third kappa shape index (κ3) is 5.00. The molecule has 0 atom stereocenters. The summed E-state index contributed by atoms with van der Waals surface area (Å²) in [5.41, 5.74) is 4.56. The average Bonchev–Trinajstić information content (AvgIpc) is 2.82. The first-order chi connectivity index (χ1) is 7.28. The van der Waals surface area contributed by atoms with Gasteiger partial charge in [-0.25, -0.2) is 4.79 Å². The van der Waals surface area contributed by atoms with Gasteiger partial charge in [-0.05, 0) is 39.5 Å². The molecule has 5 heteroatoms. The van der Waals surface area contributed by atoms with Gasteiger partial charge in [0.2, 0.25) is 5.91 Å². The molecule has 0 aliphatic heterocycles. The fourth-order valence-electron chi connectivity index (χ4n) is 1.33. The Bertz CT molecular complexity index is 279. The minimum atomic E-state index is -0.545. The molecule has 0 aromatic heterocycles. The number of amides is 2. The maximum absolute atomic E-state index is 11.8. The molecule has 16 heavy (non-hydrogen) atoms. The zero-order valence-corrected chi connectivity index (χ0v) is 10.2. The summed E-state index contributed by atoms with van der Waals surface area (Å²) in [5.74, 6) is -0.00150. The molecule has 1 rings (SSSR count). The molecule has 1 aliphatic carbocycles. The van der Waals surface area contributed by atoms with Gasteiger partial charge in [0.1, 0.15) is 12.1 Å². The highest BCUT2D eigenvalue weighted by atomic mass is 16.6. The zero-order valence-electron chi connectivity index (χ0n) is 10.2. The SMILES string of the molecule is CC(C)(C)OC(=O)N(CC(N)=O)CC1CC1. The number of carbonyl (C=O) groups is 2. The lowest BCUT2D eigenvalue weighted by Crippen LogP contribution is -2.42. The molecule has 5 nitrogen and oxygen atoms in total. The van der Waals surface area contributed by atoms with E-state index in [0.717, 1.165) is 12.8 Å². The third-order valence-electron chi connectivity index (χ3n) is 2.17. The van der Waals surface area contributed by atoms with Crippen LogP contribution in [0.1, 0.15) is 33.6 Å². The van der Waals surface area contributed by atoms with Gasteiger partial charge in [-0.2, -0.15) is 0 Å². The number of nitrogens with zero attached hydrogens (tertiary/aromatic N) is 1. The van der Waals surface area contributed by atoms with Crippen molar-refractivity contribution in [3.63, 3.8) is 0 Å². The van der Waals surface area contributed by atoms with Crippen molar-refractivity contribution >= 4 is 12.0 Å². The quantitative estimate of drug-likeness (QED) is 0.783. The Morgan fingerprint density at radius 2 is 1.94 bits per heavy atom. The lowest BCUT2D eigenvalue weighted by molar-refractivity contribution is -0.119. The van der Waals surface area contributed by atoms with Crippen molar-refractivity contribution in [3.8, 4) is 0 Å². The Morgan fingerprint density at radius 1 is 1.38 bits per heavy atom. The zero-order chi connectivity index (χ0) is 12.3. The molecule has 1 aliphatic rings. The van der Waals surface area contributed by atoms with Crippen LogP contribution in [0.5, 0.6) is 0 Å². The van der Waals surface area contributed by atoms with Crippen molar-refractivity contribution in [3.05, 3.63) is 0 Å². The number of carbonyl (C=O) groups excluding carboxylic acids is 2. The van der Waals surface area contributed by atoms with E-state index in [-0.39, 0.29) is 6.54 Å². The lowest BCUT2D eigenvalue weighted by atomic mass is 10.2. The van der Waals surface area contributed by atoms with Crippen molar-refractivity contribution in [2.75, 3.05) is 13.1 Å². The minimum Gasteiger partial charge on any atom is -0.444 e. The predicted molar refractivity (Wildman–Crippen MR) is 59.7 cm³/mol. The maximum atomic E-state index is 11.8. The van der Waals surface area contributed by atoms with Gasteiger partial charge < -0.3 is 10.5 Å². The smallest absolute Gasteiger partial charge is 0.410 e. The molecule has 0 saturated heterocycles. The van der Waals surface area contributed by atoms with E-state index >= 15 is 0 Å². The molecule has 92 valence electrons. The Labute approximate surface area is 95.9 Å². The lowest BCUT2D eigenvalue weighted by Gasteiger charge is -2.26. The third-order valence-corrected chi connectivity index (χ3v) is 2.17. The summed E-state index contributed by atoms with van der Waals surface area (Å²) in [6, 6.07) is 0. The molecule has 0 radical (unpaired) electrons. The van der Waals surface area contributed by atoms with Crippen molar-refractivity contribution in [1.29, 1.82) is 0 Å². The topological polar surface area (TPSA) is 72.6 Å². The summed E-state index contributed by atoms with van der Waals surface area (Å²) in [4.78, 5) is 24.0. The molecule has 0 aromatic carbocycles. The van der Waals surface area contributed by atoms with Crippen LogP contribution in [0, 0.1) is 5.92 Å². The normalized spacial score (nSPS) is 15.7. The summed E-state index contributed by atoms with van der Waals surface area (Å²) in [5, 5.41) is 0. The van der Waals surface area contributed by atoms with Gasteiger partial charge in [0.25, 0.3) is 0 Å². The van der Waals surface area contributed by atoms with Crippen LogP contribution >= 0.6 is 0 Å². The monoisotopic (exact) mass is 228 g/mol. The van der Waals surface area contributed by atoms with Crippen molar-refractivity contribution < 1.29 is 14.3 Å². The fourth-order valence-corrected chi connectivity index (χ4v) is 1.33. The molecule has 0 aromatic rings. The largest absolute Gasteiger partial charge is 0.444 e. The first-order valence-electron chi connectivity index (χ1n) is 5.54. The number of rotatable bonds is 4. The van der Waals surface area contributed by atoms with Gasteiger partial charge in [0, 0.05) is 6.54 Å². The second kappa shape index (κ2) is 4.72. The van der Waals surface area contributed by atoms with Crippen LogP contribution in [-0.2, 0) is 9.53 Å². The molecule has 1 fully saturated rings. The van der Waals surface area contributed by atoms with Crippen LogP contribution in [0.15, 0.2) is 0 Å². The number of nitrogens with two attached hydrogens (primary N) is 1. The summed E-state index contributed by atoms with van der Waals surface area (Å²) in [6.07, 6.45) is 1.76. The van der Waals surface area contributed by atoms with Crippen LogP contribution in [0.2, 0.25) is 0 Å². The molecule has 2 amide bonds. The molecule has 2 N–H and O–H groups in total. The van der Waals surface area contributed by atoms with E-state index in [1.54, 1.807) is 20.8 Å². The van der Waals surface area contributed by atoms with Gasteiger partial charge in [0.05, 0.1) is 0 Å². The second-order valence-electron chi connectivity index (χ2n) is 5.27. The minimum absolute atomic E-state index is 0.0641. The second-order valence-corrected chi connectivity index (χ2v) is 5.27. The molecular weight excluding hydrogens is 208 g/mol. The first-order valence-corrected chi connectivity index (χ1v) is 5.54. The van der Waals surface area contributed by atoms with E-state index < -0.39 is 17.6 Å². The Kier molecular flexibility index (Phi) is 3.78. The summed E-state index contributed by atoms with van der Waals surface area (Å²) in [7, 11) is 0. The van der Waals surface area contributed by atoms with Crippen molar-refractivity contribution in [2.45, 2.75) is 39.2 Å². The van der Waals surface area contributed by atoms with Crippen molar-refractivity contribution in [2.24, 2.45) is 11.7 Å². The Morgan fingerprint density at radius 3 is 2.31 bits per heavy atom. The molecule has 0 unspecified atom stereocenters. The Balaban J connectivity index is 2.52. The van der Waals surface area contributed by atoms with Gasteiger partial charge in [-0.1, -0.05) is 0 Å². The van der Waals surface area contributed by atoms with Crippen LogP contribution < -0.4 is 5.73 Å². The number of hydrogen-bond acceptors (Lipinski definition) is 3. The fraction of sp³-hybridized carbons (Fsp3) is 0.818. The van der Waals surface area contributed by atoms with Gasteiger partial charge in [0.15, 0.2) is 0 Å². The van der Waals surface area contributed by atoms with Gasteiger partial charge in [-0.15, -0.1) is 0 Å². The standard InChI is InChI=1S/C11H20N2O3/c1-11(2,3)16-10(15)13(7-9(12)14)6-8-4-5-8/h8H,4-7H2,1-3H3,(H2,12,14). The summed E-state index contributed by atoms with van der Waals surface area (Å²) >= 11 is 0. The van der Waals surface area contributed by atoms with Crippen LogP contribution in [-0.4, -0.2) is 35.6 Å². The van der Waals surface area contributed by atoms with E-state index in [2.05, 4.69) is 0 Å². The number of primary amides is 1. The predicted octanol–water partition coefficient (Wildman–Crippen LogP) is 1.12. The van der Waals surface area contributed by atoms with E-state index in [4.69, 9.17) is 10.5 Å². The van der Waals surface area contributed by atoms with E-state index in [1.807, 2.05) is 0 Å². The van der Waals surface area contributed by atoms with Crippen LogP contribution in [0.25, 0.3) is 0 Å². The summed E-state index contributed by atoms with van der Waals surface area (Å²) in [6.45, 7) is 5.89. The summed E-state index contributed by atoms with van der Waals surface area (Å²) < 4.78 is 5.21. The van der Waals surface area contributed by atoms with E-state index in [0.29, 0.717) is 12.5 Å². The highest BCUT2D eigenvalue weighted by molar-refractivity contribution is 5.80. The van der Waals surface area contributed by atoms with Crippen molar-refractivity contribution in [1.82, 2.24) is 4.90 Å². The highest BCUT2D eigenvalue weighted by Crippen LogP contribution is 2.30. The van der Waals surface area contributed by atoms with E-state index in [9.17, 15) is 9.59 Å². The van der Waals surface area contributed by atoms with E-state index in [1.165, 1.54) is 4.90 Å². The number of hydrogen-bond donors (Lipinski definition) is 1. The first kappa shape index (κ1) is 12.8. The molecule has 0 spiro atoms. The van der Waals surface area contributed by atoms with Gasteiger partial charge >= 0.3 is 6.09 Å². The Hall–Kier alpha value is -1.26. The maximum Gasteiger partial charge on any atom is 0.410 e. The molecular formula is C11H20N2O3. The molecule has 0 bridgehead atoms. The van der Waals surface area contributed by atoms with Crippen LogP contribution in [0.4, 0.5) is 4.79 Å². The van der Waals surface area contributed by atoms with Gasteiger partial charge in [-0.3, -0.25) is 9.69 Å². The molecule has 0 heterocycles.